The number of benzene rings is 1. The first kappa shape index (κ1) is 17.7. The van der Waals surface area contributed by atoms with E-state index in [9.17, 15) is 9.59 Å². The third-order valence-electron chi connectivity index (χ3n) is 2.71. The van der Waals surface area contributed by atoms with Gasteiger partial charge < -0.3 is 14.8 Å². The van der Waals surface area contributed by atoms with Gasteiger partial charge in [-0.05, 0) is 57.2 Å². The van der Waals surface area contributed by atoms with E-state index in [0.717, 1.165) is 0 Å². The average molecular weight is 349 g/mol. The average Bonchev–Trinajstić information content (AvgIpc) is 2.47. The molecule has 0 aliphatic heterocycles. The predicted octanol–water partition coefficient (Wildman–Crippen LogP) is 4.30. The number of aromatic nitrogens is 1. The van der Waals surface area contributed by atoms with Crippen LogP contribution in [0.1, 0.15) is 31.1 Å². The Balaban J connectivity index is 1.98. The smallest absolute Gasteiger partial charge is 0.428 e. The Morgan fingerprint density at radius 3 is 2.38 bits per heavy atom. The topological polar surface area (TPSA) is 77.5 Å². The van der Waals surface area contributed by atoms with Gasteiger partial charge in [0.2, 0.25) is 0 Å². The maximum atomic E-state index is 12.1. The highest BCUT2D eigenvalue weighted by Gasteiger charge is 2.18. The molecule has 0 bridgehead atoms. The summed E-state index contributed by atoms with van der Waals surface area (Å²) in [6.45, 7) is 5.24. The van der Waals surface area contributed by atoms with E-state index in [0.29, 0.717) is 11.4 Å². The molecule has 2 aromatic rings. The molecule has 6 nitrogen and oxygen atoms in total. The van der Waals surface area contributed by atoms with Crippen molar-refractivity contribution in [3.8, 4) is 5.75 Å². The van der Waals surface area contributed by atoms with Crippen molar-refractivity contribution >= 4 is 29.4 Å². The van der Waals surface area contributed by atoms with Crippen molar-refractivity contribution in [2.75, 3.05) is 5.32 Å². The summed E-state index contributed by atoms with van der Waals surface area (Å²) in [6.07, 6.45) is 0.712. The van der Waals surface area contributed by atoms with Crippen molar-refractivity contribution in [2.24, 2.45) is 0 Å². The standard InChI is InChI=1S/C17H17ClN2O4/c1-17(2,3)24-16(22)23-12-8-6-11(7-9-12)20-15(21)13-5-4-10-19-14(13)18/h4-10H,1-3H3,(H,20,21). The Kier molecular flexibility index (Phi) is 5.41. The van der Waals surface area contributed by atoms with Crippen LogP contribution in [0.3, 0.4) is 0 Å². The van der Waals surface area contributed by atoms with Crippen LogP contribution in [0.25, 0.3) is 0 Å². The number of hydrogen-bond donors (Lipinski definition) is 1. The SMILES string of the molecule is CC(C)(C)OC(=O)Oc1ccc(NC(=O)c2cccnc2Cl)cc1. The van der Waals surface area contributed by atoms with Crippen LogP contribution in [-0.2, 0) is 4.74 Å². The highest BCUT2D eigenvalue weighted by atomic mass is 35.5. The second kappa shape index (κ2) is 7.31. The summed E-state index contributed by atoms with van der Waals surface area (Å²) in [5.41, 5.74) is 0.165. The Morgan fingerprint density at radius 2 is 1.79 bits per heavy atom. The zero-order chi connectivity index (χ0) is 17.7. The molecular formula is C17H17ClN2O4. The van der Waals surface area contributed by atoms with Gasteiger partial charge in [0.15, 0.2) is 0 Å². The number of nitrogens with one attached hydrogen (secondary N) is 1. The quantitative estimate of drug-likeness (QED) is 0.508. The van der Waals surface area contributed by atoms with Crippen molar-refractivity contribution in [1.29, 1.82) is 0 Å². The van der Waals surface area contributed by atoms with Crippen LogP contribution in [-0.4, -0.2) is 22.6 Å². The molecule has 1 heterocycles. The number of ether oxygens (including phenoxy) is 2. The molecule has 0 radical (unpaired) electrons. The van der Waals surface area contributed by atoms with Gasteiger partial charge in [0.1, 0.15) is 16.5 Å². The molecule has 0 atom stereocenters. The minimum absolute atomic E-state index is 0.125. The molecule has 0 aliphatic rings. The first-order valence-corrected chi connectivity index (χ1v) is 7.55. The van der Waals surface area contributed by atoms with Crippen LogP contribution < -0.4 is 10.1 Å². The third-order valence-corrected chi connectivity index (χ3v) is 3.01. The molecule has 0 unspecified atom stereocenters. The van der Waals surface area contributed by atoms with Gasteiger partial charge in [0.25, 0.3) is 5.91 Å². The molecule has 1 aromatic carbocycles. The van der Waals surface area contributed by atoms with Gasteiger partial charge in [-0.25, -0.2) is 9.78 Å². The van der Waals surface area contributed by atoms with Gasteiger partial charge in [-0.2, -0.15) is 0 Å². The van der Waals surface area contributed by atoms with Gasteiger partial charge in [-0.1, -0.05) is 11.6 Å². The normalized spacial score (nSPS) is 10.8. The summed E-state index contributed by atoms with van der Waals surface area (Å²) in [4.78, 5) is 27.5. The molecule has 0 aliphatic carbocycles. The third kappa shape index (κ3) is 5.24. The first-order chi connectivity index (χ1) is 11.2. The fourth-order valence-electron chi connectivity index (χ4n) is 1.73. The van der Waals surface area contributed by atoms with E-state index in [1.54, 1.807) is 57.2 Å². The molecule has 1 aromatic heterocycles. The lowest BCUT2D eigenvalue weighted by Crippen LogP contribution is -2.25. The molecule has 24 heavy (non-hydrogen) atoms. The summed E-state index contributed by atoms with van der Waals surface area (Å²) in [5.74, 6) is -0.0735. The maximum absolute atomic E-state index is 12.1. The minimum Gasteiger partial charge on any atom is -0.428 e. The van der Waals surface area contributed by atoms with E-state index in [4.69, 9.17) is 21.1 Å². The molecule has 1 N–H and O–H groups in total. The second-order valence-electron chi connectivity index (χ2n) is 5.89. The molecule has 126 valence electrons. The fraction of sp³-hybridized carbons (Fsp3) is 0.235. The van der Waals surface area contributed by atoms with E-state index in [1.165, 1.54) is 6.20 Å². The van der Waals surface area contributed by atoms with Crippen LogP contribution in [0.15, 0.2) is 42.6 Å². The minimum atomic E-state index is -0.790. The summed E-state index contributed by atoms with van der Waals surface area (Å²) in [7, 11) is 0. The molecule has 0 saturated heterocycles. The maximum Gasteiger partial charge on any atom is 0.514 e. The van der Waals surface area contributed by atoms with Gasteiger partial charge in [-0.15, -0.1) is 0 Å². The number of hydrogen-bond acceptors (Lipinski definition) is 5. The lowest BCUT2D eigenvalue weighted by molar-refractivity contribution is 0.0206. The summed E-state index contributed by atoms with van der Waals surface area (Å²) in [5, 5.41) is 2.81. The summed E-state index contributed by atoms with van der Waals surface area (Å²) >= 11 is 5.88. The van der Waals surface area contributed by atoms with Crippen molar-refractivity contribution in [3.05, 3.63) is 53.3 Å². The highest BCUT2D eigenvalue weighted by Crippen LogP contribution is 2.19. The molecule has 0 fully saturated rings. The Morgan fingerprint density at radius 1 is 1.12 bits per heavy atom. The molecule has 1 amide bonds. The second-order valence-corrected chi connectivity index (χ2v) is 6.24. The van der Waals surface area contributed by atoms with Gasteiger partial charge in [0, 0.05) is 11.9 Å². The molecule has 0 saturated carbocycles. The number of nitrogens with zero attached hydrogens (tertiary/aromatic N) is 1. The number of rotatable bonds is 3. The summed E-state index contributed by atoms with van der Waals surface area (Å²) < 4.78 is 10.1. The van der Waals surface area contributed by atoms with Crippen LogP contribution in [0, 0.1) is 0 Å². The number of amides is 1. The van der Waals surface area contributed by atoms with Crippen LogP contribution >= 0.6 is 11.6 Å². The Labute approximate surface area is 144 Å². The molecule has 0 spiro atoms. The zero-order valence-electron chi connectivity index (χ0n) is 13.5. The fourth-order valence-corrected chi connectivity index (χ4v) is 1.93. The lowest BCUT2D eigenvalue weighted by atomic mass is 10.2. The molecular weight excluding hydrogens is 332 g/mol. The van der Waals surface area contributed by atoms with E-state index >= 15 is 0 Å². The van der Waals surface area contributed by atoms with Gasteiger partial charge in [0.05, 0.1) is 5.56 Å². The molecule has 7 heteroatoms. The monoisotopic (exact) mass is 348 g/mol. The van der Waals surface area contributed by atoms with E-state index in [2.05, 4.69) is 10.3 Å². The van der Waals surface area contributed by atoms with Crippen LogP contribution in [0.5, 0.6) is 5.75 Å². The number of pyridine rings is 1. The van der Waals surface area contributed by atoms with Gasteiger partial charge >= 0.3 is 6.16 Å². The van der Waals surface area contributed by atoms with Crippen LogP contribution in [0.4, 0.5) is 10.5 Å². The number of carbonyl (C=O) groups is 2. The van der Waals surface area contributed by atoms with E-state index in [1.807, 2.05) is 0 Å². The predicted molar refractivity (Wildman–Crippen MR) is 90.5 cm³/mol. The number of halogens is 1. The zero-order valence-corrected chi connectivity index (χ0v) is 14.3. The van der Waals surface area contributed by atoms with Gasteiger partial charge in [-0.3, -0.25) is 4.79 Å². The Bertz CT molecular complexity index is 739. The first-order valence-electron chi connectivity index (χ1n) is 7.17. The number of carbonyl (C=O) groups excluding carboxylic acids is 2. The van der Waals surface area contributed by atoms with Crippen molar-refractivity contribution < 1.29 is 19.1 Å². The van der Waals surface area contributed by atoms with Crippen molar-refractivity contribution in [2.45, 2.75) is 26.4 Å². The summed E-state index contributed by atoms with van der Waals surface area (Å²) in [6, 6.07) is 9.49. The van der Waals surface area contributed by atoms with Crippen molar-refractivity contribution in [3.63, 3.8) is 0 Å². The van der Waals surface area contributed by atoms with Crippen LogP contribution in [0.2, 0.25) is 5.15 Å². The van der Waals surface area contributed by atoms with E-state index < -0.39 is 11.8 Å². The lowest BCUT2D eigenvalue weighted by Gasteiger charge is -2.18. The Hall–Kier alpha value is -2.60. The highest BCUT2D eigenvalue weighted by molar-refractivity contribution is 6.33. The van der Waals surface area contributed by atoms with Crippen molar-refractivity contribution in [1.82, 2.24) is 4.98 Å². The largest absolute Gasteiger partial charge is 0.514 e. The number of anilines is 1. The van der Waals surface area contributed by atoms with E-state index in [-0.39, 0.29) is 16.6 Å². The molecule has 2 rings (SSSR count).